The van der Waals surface area contributed by atoms with Crippen molar-refractivity contribution >= 4 is 39.6 Å². The minimum atomic E-state index is -3.64. The lowest BCUT2D eigenvalue weighted by Gasteiger charge is -2.32. The second-order valence-electron chi connectivity index (χ2n) is 8.35. The summed E-state index contributed by atoms with van der Waals surface area (Å²) in [4.78, 5) is 19.4. The van der Waals surface area contributed by atoms with Gasteiger partial charge in [-0.2, -0.15) is 8.42 Å². The predicted molar refractivity (Wildman–Crippen MR) is 133 cm³/mol. The second kappa shape index (κ2) is 9.23. The summed E-state index contributed by atoms with van der Waals surface area (Å²) < 4.78 is 28.7. The predicted octanol–water partition coefficient (Wildman–Crippen LogP) is 4.05. The zero-order chi connectivity index (χ0) is 23.5. The van der Waals surface area contributed by atoms with Gasteiger partial charge < -0.3 is 10.2 Å². The van der Waals surface area contributed by atoms with Crippen LogP contribution in [0.3, 0.4) is 0 Å². The lowest BCUT2D eigenvalue weighted by molar-refractivity contribution is -0.120. The Morgan fingerprint density at radius 1 is 0.971 bits per heavy atom. The Hall–Kier alpha value is -3.78. The van der Waals surface area contributed by atoms with E-state index >= 15 is 0 Å². The summed E-state index contributed by atoms with van der Waals surface area (Å²) in [6.07, 6.45) is 6.91. The van der Waals surface area contributed by atoms with Gasteiger partial charge in [0.25, 0.3) is 10.0 Å². The van der Waals surface area contributed by atoms with Gasteiger partial charge in [0.2, 0.25) is 5.91 Å². The fraction of sp³-hybridized carbons (Fsp3) is 0.192. The molecular weight excluding hydrogens is 448 g/mol. The van der Waals surface area contributed by atoms with Gasteiger partial charge >= 0.3 is 0 Å². The number of sulfonamides is 1. The van der Waals surface area contributed by atoms with E-state index in [1.807, 2.05) is 65.6 Å². The highest BCUT2D eigenvalue weighted by Crippen LogP contribution is 2.30. The third-order valence-corrected chi connectivity index (χ3v) is 7.39. The van der Waals surface area contributed by atoms with Crippen molar-refractivity contribution in [3.63, 3.8) is 0 Å². The minimum Gasteiger partial charge on any atom is -0.355 e. The first-order valence-corrected chi connectivity index (χ1v) is 12.6. The van der Waals surface area contributed by atoms with E-state index in [1.54, 1.807) is 24.4 Å². The molecule has 2 aliphatic heterocycles. The highest BCUT2D eigenvalue weighted by Gasteiger charge is 2.34. The number of fused-ring (bicyclic) bond motifs is 1. The van der Waals surface area contributed by atoms with Crippen molar-refractivity contribution in [3.05, 3.63) is 89.7 Å². The molecule has 0 spiro atoms. The van der Waals surface area contributed by atoms with Crippen LogP contribution in [-0.2, 0) is 14.8 Å². The first-order valence-electron chi connectivity index (χ1n) is 11.2. The molecule has 2 aromatic carbocycles. The van der Waals surface area contributed by atoms with Crippen LogP contribution in [0.15, 0.2) is 82.2 Å². The van der Waals surface area contributed by atoms with Crippen molar-refractivity contribution in [1.82, 2.24) is 9.88 Å². The lowest BCUT2D eigenvalue weighted by atomic mass is 9.95. The number of nitrogens with one attached hydrogen (secondary N) is 1. The zero-order valence-electron chi connectivity index (χ0n) is 18.5. The SMILES string of the molecule is O=C(Nc1cccc(/C=C/c2ccccn2)c1)C1CCN(C2=NS(=O)(=O)c3ccccc32)CC1. The smallest absolute Gasteiger partial charge is 0.285 e. The van der Waals surface area contributed by atoms with Crippen molar-refractivity contribution in [2.45, 2.75) is 17.7 Å². The molecule has 172 valence electrons. The molecule has 0 saturated carbocycles. The van der Waals surface area contributed by atoms with Gasteiger partial charge in [-0.15, -0.1) is 4.40 Å². The van der Waals surface area contributed by atoms with Crippen molar-refractivity contribution in [2.24, 2.45) is 10.3 Å². The standard InChI is InChI=1S/C26H24N4O3S/c31-26(28-22-8-5-6-19(18-22)11-12-21-7-3-4-15-27-21)20-13-16-30(17-14-20)25-23-9-1-2-10-24(23)34(32,33)29-25/h1-12,15,18,20H,13-14,16-17H2,(H,28,31)/b12-11+. The first-order chi connectivity index (χ1) is 16.5. The molecule has 1 N–H and O–H groups in total. The van der Waals surface area contributed by atoms with E-state index in [0.29, 0.717) is 37.3 Å². The van der Waals surface area contributed by atoms with E-state index in [1.165, 1.54) is 0 Å². The maximum atomic E-state index is 12.9. The van der Waals surface area contributed by atoms with Gasteiger partial charge in [-0.3, -0.25) is 9.78 Å². The highest BCUT2D eigenvalue weighted by atomic mass is 32.2. The van der Waals surface area contributed by atoms with Crippen LogP contribution in [0.4, 0.5) is 5.69 Å². The molecule has 0 unspecified atom stereocenters. The van der Waals surface area contributed by atoms with E-state index in [-0.39, 0.29) is 16.7 Å². The van der Waals surface area contributed by atoms with Gasteiger partial charge in [-0.1, -0.05) is 36.4 Å². The van der Waals surface area contributed by atoms with Crippen molar-refractivity contribution in [2.75, 3.05) is 18.4 Å². The molecule has 1 fully saturated rings. The highest BCUT2D eigenvalue weighted by molar-refractivity contribution is 7.90. The van der Waals surface area contributed by atoms with Crippen molar-refractivity contribution in [1.29, 1.82) is 0 Å². The number of hydrogen-bond acceptors (Lipinski definition) is 5. The molecule has 1 aromatic heterocycles. The summed E-state index contributed by atoms with van der Waals surface area (Å²) in [5.74, 6) is 0.326. The number of rotatable bonds is 4. The molecule has 0 radical (unpaired) electrons. The number of anilines is 1. The number of amides is 1. The Bertz CT molecular complexity index is 1380. The van der Waals surface area contributed by atoms with Crippen molar-refractivity contribution < 1.29 is 13.2 Å². The summed E-state index contributed by atoms with van der Waals surface area (Å²) in [6.45, 7) is 1.15. The van der Waals surface area contributed by atoms with Crippen LogP contribution in [0, 0.1) is 5.92 Å². The third kappa shape index (κ3) is 4.63. The Morgan fingerprint density at radius 3 is 2.56 bits per heavy atom. The molecule has 0 atom stereocenters. The molecule has 7 nitrogen and oxygen atoms in total. The molecule has 0 aliphatic carbocycles. The molecule has 2 aliphatic rings. The minimum absolute atomic E-state index is 0.0214. The number of pyridine rings is 1. The molecule has 5 rings (SSSR count). The lowest BCUT2D eigenvalue weighted by Crippen LogP contribution is -2.41. The monoisotopic (exact) mass is 472 g/mol. The summed E-state index contributed by atoms with van der Waals surface area (Å²) in [5, 5.41) is 3.03. The molecular formula is C26H24N4O3S. The number of piperidine rings is 1. The second-order valence-corrected chi connectivity index (χ2v) is 9.92. The molecule has 1 saturated heterocycles. The van der Waals surface area contributed by atoms with Gasteiger partial charge in [-0.05, 0) is 60.9 Å². The van der Waals surface area contributed by atoms with Crippen LogP contribution in [0.25, 0.3) is 12.2 Å². The molecule has 34 heavy (non-hydrogen) atoms. The summed E-state index contributed by atoms with van der Waals surface area (Å²) in [6, 6.07) is 20.3. The number of nitrogens with zero attached hydrogens (tertiary/aromatic N) is 3. The van der Waals surface area contributed by atoms with Crippen LogP contribution in [0.1, 0.15) is 29.7 Å². The average molecular weight is 473 g/mol. The molecule has 0 bridgehead atoms. The van der Waals surface area contributed by atoms with E-state index in [0.717, 1.165) is 16.9 Å². The third-order valence-electron chi connectivity index (χ3n) is 6.07. The van der Waals surface area contributed by atoms with Crippen LogP contribution in [0.5, 0.6) is 0 Å². The Balaban J connectivity index is 1.21. The van der Waals surface area contributed by atoms with Gasteiger partial charge in [0.1, 0.15) is 4.90 Å². The van der Waals surface area contributed by atoms with E-state index in [2.05, 4.69) is 14.7 Å². The van der Waals surface area contributed by atoms with Crippen LogP contribution >= 0.6 is 0 Å². The fourth-order valence-corrected chi connectivity index (χ4v) is 5.52. The van der Waals surface area contributed by atoms with E-state index < -0.39 is 10.0 Å². The van der Waals surface area contributed by atoms with Gasteiger partial charge in [0.15, 0.2) is 5.84 Å². The van der Waals surface area contributed by atoms with Crippen LogP contribution in [0.2, 0.25) is 0 Å². The van der Waals surface area contributed by atoms with Gasteiger partial charge in [-0.25, -0.2) is 0 Å². The zero-order valence-corrected chi connectivity index (χ0v) is 19.3. The maximum absolute atomic E-state index is 12.9. The number of carbonyl (C=O) groups excluding carboxylic acids is 1. The average Bonchev–Trinajstić information content (AvgIpc) is 3.15. The van der Waals surface area contributed by atoms with Gasteiger partial charge in [0, 0.05) is 36.5 Å². The first kappa shape index (κ1) is 22.0. The summed E-state index contributed by atoms with van der Waals surface area (Å²) in [5.41, 5.74) is 3.22. The summed E-state index contributed by atoms with van der Waals surface area (Å²) >= 11 is 0. The quantitative estimate of drug-likeness (QED) is 0.619. The number of carbonyl (C=O) groups is 1. The van der Waals surface area contributed by atoms with E-state index in [4.69, 9.17) is 0 Å². The van der Waals surface area contributed by atoms with Crippen LogP contribution < -0.4 is 5.32 Å². The number of aromatic nitrogens is 1. The largest absolute Gasteiger partial charge is 0.355 e. The van der Waals surface area contributed by atoms with Crippen LogP contribution in [-0.4, -0.2) is 43.1 Å². The number of hydrogen-bond donors (Lipinski definition) is 1. The number of amidine groups is 1. The van der Waals surface area contributed by atoms with Gasteiger partial charge in [0.05, 0.1) is 5.69 Å². The normalized spacial score (nSPS) is 17.4. The number of benzene rings is 2. The Labute approximate surface area is 198 Å². The molecule has 8 heteroatoms. The molecule has 3 aromatic rings. The number of likely N-dealkylation sites (tertiary alicyclic amines) is 1. The Morgan fingerprint density at radius 2 is 1.76 bits per heavy atom. The topological polar surface area (TPSA) is 91.7 Å². The maximum Gasteiger partial charge on any atom is 0.285 e. The van der Waals surface area contributed by atoms with E-state index in [9.17, 15) is 13.2 Å². The van der Waals surface area contributed by atoms with Crippen molar-refractivity contribution in [3.8, 4) is 0 Å². The summed E-state index contributed by atoms with van der Waals surface area (Å²) in [7, 11) is -3.64. The fourth-order valence-electron chi connectivity index (χ4n) is 4.29. The molecule has 3 heterocycles. The molecule has 1 amide bonds. The Kier molecular flexibility index (Phi) is 5.98.